The molecular formula is C34H56O4. The van der Waals surface area contributed by atoms with Gasteiger partial charge in [-0.05, 0) is 70.3 Å². The minimum Gasteiger partial charge on any atom is -0.481 e. The Bertz CT molecular complexity index is 699. The van der Waals surface area contributed by atoms with Crippen LogP contribution in [0.4, 0.5) is 0 Å². The molecule has 0 heterocycles. The highest BCUT2D eigenvalue weighted by Gasteiger charge is 2.11. The van der Waals surface area contributed by atoms with Gasteiger partial charge in [0.2, 0.25) is 0 Å². The maximum absolute atomic E-state index is 12.4. The lowest BCUT2D eigenvalue weighted by atomic mass is 10.1. The van der Waals surface area contributed by atoms with Crippen molar-refractivity contribution in [2.75, 3.05) is 0 Å². The van der Waals surface area contributed by atoms with Gasteiger partial charge >= 0.3 is 11.9 Å². The quantitative estimate of drug-likeness (QED) is 0.0689. The number of hydrogen-bond acceptors (Lipinski definition) is 3. The van der Waals surface area contributed by atoms with E-state index in [1.807, 2.05) is 0 Å². The third-order valence-corrected chi connectivity index (χ3v) is 6.22. The van der Waals surface area contributed by atoms with Crippen molar-refractivity contribution in [3.05, 3.63) is 60.8 Å². The summed E-state index contributed by atoms with van der Waals surface area (Å²) < 4.78 is 5.78. The van der Waals surface area contributed by atoms with E-state index in [0.717, 1.165) is 57.8 Å². The van der Waals surface area contributed by atoms with Crippen molar-refractivity contribution in [1.82, 2.24) is 0 Å². The Morgan fingerprint density at radius 2 is 1.21 bits per heavy atom. The number of hydrogen-bond donors (Lipinski definition) is 1. The maximum atomic E-state index is 12.4. The van der Waals surface area contributed by atoms with Gasteiger partial charge in [-0.2, -0.15) is 0 Å². The SMILES string of the molecule is CC/C=C\C/C=C\C/C=C\C/C=C\CCC(=O)OC(/C=C\CCCCCCCC)CCCCCCC(=O)O. The minimum atomic E-state index is -0.734. The monoisotopic (exact) mass is 528 g/mol. The van der Waals surface area contributed by atoms with Crippen LogP contribution in [0.1, 0.15) is 136 Å². The number of rotatable bonds is 26. The first-order valence-electron chi connectivity index (χ1n) is 15.3. The van der Waals surface area contributed by atoms with Crippen LogP contribution in [0.5, 0.6) is 0 Å². The van der Waals surface area contributed by atoms with E-state index >= 15 is 0 Å². The summed E-state index contributed by atoms with van der Waals surface area (Å²) in [6.45, 7) is 4.38. The third-order valence-electron chi connectivity index (χ3n) is 6.22. The predicted octanol–water partition coefficient (Wildman–Crippen LogP) is 10.2. The number of carbonyl (C=O) groups excluding carboxylic acids is 1. The fraction of sp³-hybridized carbons (Fsp3) is 0.647. The molecule has 216 valence electrons. The van der Waals surface area contributed by atoms with E-state index < -0.39 is 5.97 Å². The molecule has 1 unspecified atom stereocenters. The molecule has 38 heavy (non-hydrogen) atoms. The van der Waals surface area contributed by atoms with E-state index in [9.17, 15) is 9.59 Å². The van der Waals surface area contributed by atoms with Gasteiger partial charge in [-0.3, -0.25) is 9.59 Å². The molecule has 0 rings (SSSR count). The van der Waals surface area contributed by atoms with Crippen LogP contribution in [0.3, 0.4) is 0 Å². The van der Waals surface area contributed by atoms with Gasteiger partial charge in [0.25, 0.3) is 0 Å². The van der Waals surface area contributed by atoms with Crippen molar-refractivity contribution in [1.29, 1.82) is 0 Å². The van der Waals surface area contributed by atoms with Gasteiger partial charge in [-0.15, -0.1) is 0 Å². The molecule has 0 spiro atoms. The first-order valence-corrected chi connectivity index (χ1v) is 15.3. The molecule has 1 atom stereocenters. The highest BCUT2D eigenvalue weighted by Crippen LogP contribution is 2.14. The summed E-state index contributed by atoms with van der Waals surface area (Å²) in [5.41, 5.74) is 0. The van der Waals surface area contributed by atoms with E-state index in [1.165, 1.54) is 38.5 Å². The van der Waals surface area contributed by atoms with Crippen LogP contribution >= 0.6 is 0 Å². The molecule has 0 bridgehead atoms. The topological polar surface area (TPSA) is 63.6 Å². The van der Waals surface area contributed by atoms with Crippen LogP contribution in [0, 0.1) is 0 Å². The van der Waals surface area contributed by atoms with Gasteiger partial charge in [0.05, 0.1) is 0 Å². The molecule has 0 amide bonds. The molecule has 0 fully saturated rings. The average molecular weight is 529 g/mol. The Labute approximate surface area is 234 Å². The van der Waals surface area contributed by atoms with Gasteiger partial charge < -0.3 is 9.84 Å². The number of unbranched alkanes of at least 4 members (excludes halogenated alkanes) is 9. The van der Waals surface area contributed by atoms with E-state index in [0.29, 0.717) is 19.3 Å². The van der Waals surface area contributed by atoms with Crippen molar-refractivity contribution in [3.8, 4) is 0 Å². The summed E-state index contributed by atoms with van der Waals surface area (Å²) in [6.07, 6.45) is 39.5. The number of carbonyl (C=O) groups is 2. The zero-order valence-corrected chi connectivity index (χ0v) is 24.5. The van der Waals surface area contributed by atoms with Crippen LogP contribution < -0.4 is 0 Å². The summed E-state index contributed by atoms with van der Waals surface area (Å²) in [6, 6.07) is 0. The summed E-state index contributed by atoms with van der Waals surface area (Å²) in [5.74, 6) is -0.879. The Hall–Kier alpha value is -2.36. The van der Waals surface area contributed by atoms with Gasteiger partial charge in [-0.25, -0.2) is 0 Å². The molecular weight excluding hydrogens is 472 g/mol. The van der Waals surface area contributed by atoms with Crippen LogP contribution in [0.2, 0.25) is 0 Å². The standard InChI is InChI=1S/C34H56O4/c1-3-5-7-9-11-13-14-15-16-17-19-21-27-31-34(37)38-32(29-25-22-23-26-30-33(35)36)28-24-20-18-12-10-8-6-4-2/h5,7,11,13,15-16,19,21,24,28,32H,3-4,6,8-10,12,14,17-18,20,22-23,25-27,29-31H2,1-2H3,(H,35,36)/b7-5-,13-11-,16-15-,21-19-,28-24-. The van der Waals surface area contributed by atoms with Gasteiger partial charge in [-0.1, -0.05) is 113 Å². The fourth-order valence-electron chi connectivity index (χ4n) is 3.99. The summed E-state index contributed by atoms with van der Waals surface area (Å²) in [7, 11) is 0. The molecule has 1 N–H and O–H groups in total. The minimum absolute atomic E-state index is 0.146. The lowest BCUT2D eigenvalue weighted by Gasteiger charge is -2.14. The van der Waals surface area contributed by atoms with E-state index in [4.69, 9.17) is 9.84 Å². The normalized spacial score (nSPS) is 13.1. The molecule has 0 saturated carbocycles. The Morgan fingerprint density at radius 1 is 0.632 bits per heavy atom. The van der Waals surface area contributed by atoms with Crippen LogP contribution in [0.25, 0.3) is 0 Å². The average Bonchev–Trinajstić information content (AvgIpc) is 2.89. The van der Waals surface area contributed by atoms with Gasteiger partial charge in [0.15, 0.2) is 0 Å². The Morgan fingerprint density at radius 3 is 1.87 bits per heavy atom. The molecule has 4 nitrogen and oxygen atoms in total. The van der Waals surface area contributed by atoms with E-state index in [-0.39, 0.29) is 18.5 Å². The first kappa shape index (κ1) is 35.6. The van der Waals surface area contributed by atoms with Gasteiger partial charge in [0.1, 0.15) is 6.10 Å². The maximum Gasteiger partial charge on any atom is 0.306 e. The summed E-state index contributed by atoms with van der Waals surface area (Å²) in [5, 5.41) is 8.77. The van der Waals surface area contributed by atoms with E-state index in [2.05, 4.69) is 74.6 Å². The van der Waals surface area contributed by atoms with Gasteiger partial charge in [0, 0.05) is 12.8 Å². The second-order valence-corrected chi connectivity index (χ2v) is 9.90. The Balaban J connectivity index is 4.27. The van der Waals surface area contributed by atoms with Crippen LogP contribution in [-0.2, 0) is 14.3 Å². The van der Waals surface area contributed by atoms with E-state index in [1.54, 1.807) is 0 Å². The van der Waals surface area contributed by atoms with Crippen molar-refractivity contribution in [3.63, 3.8) is 0 Å². The molecule has 0 aromatic heterocycles. The number of ether oxygens (including phenoxy) is 1. The highest BCUT2D eigenvalue weighted by atomic mass is 16.5. The number of esters is 1. The van der Waals surface area contributed by atoms with Crippen molar-refractivity contribution >= 4 is 11.9 Å². The number of carboxylic acid groups (broad SMARTS) is 1. The first-order chi connectivity index (χ1) is 18.6. The van der Waals surface area contributed by atoms with Crippen LogP contribution in [0.15, 0.2) is 60.8 Å². The molecule has 0 saturated heterocycles. The lowest BCUT2D eigenvalue weighted by Crippen LogP contribution is -2.16. The largest absolute Gasteiger partial charge is 0.481 e. The second-order valence-electron chi connectivity index (χ2n) is 9.90. The van der Waals surface area contributed by atoms with Crippen molar-refractivity contribution in [2.24, 2.45) is 0 Å². The zero-order valence-electron chi connectivity index (χ0n) is 24.5. The Kier molecular flexibility index (Phi) is 27.4. The molecule has 0 radical (unpaired) electrons. The third kappa shape index (κ3) is 28.2. The lowest BCUT2D eigenvalue weighted by molar-refractivity contribution is -0.147. The summed E-state index contributed by atoms with van der Waals surface area (Å²) >= 11 is 0. The molecule has 4 heteroatoms. The predicted molar refractivity (Wildman–Crippen MR) is 162 cm³/mol. The smallest absolute Gasteiger partial charge is 0.306 e. The number of aliphatic carboxylic acids is 1. The fourth-order valence-corrected chi connectivity index (χ4v) is 3.99. The molecule has 0 aromatic carbocycles. The second kappa shape index (κ2) is 29.2. The van der Waals surface area contributed by atoms with Crippen molar-refractivity contribution < 1.29 is 19.4 Å². The number of carboxylic acids is 1. The van der Waals surface area contributed by atoms with Crippen LogP contribution in [-0.4, -0.2) is 23.1 Å². The summed E-state index contributed by atoms with van der Waals surface area (Å²) in [4.78, 5) is 23.1. The number of allylic oxidation sites excluding steroid dienone is 9. The van der Waals surface area contributed by atoms with Crippen molar-refractivity contribution in [2.45, 2.75) is 142 Å². The molecule has 0 aliphatic heterocycles. The molecule has 0 aliphatic rings. The highest BCUT2D eigenvalue weighted by molar-refractivity contribution is 5.69. The molecule has 0 aromatic rings. The molecule has 0 aliphatic carbocycles. The zero-order chi connectivity index (χ0) is 27.9.